The number of carbonyl (C=O) groups excluding carboxylic acids is 1. The molecule has 6 nitrogen and oxygen atoms in total. The van der Waals surface area contributed by atoms with Crippen molar-refractivity contribution >= 4 is 52.4 Å². The van der Waals surface area contributed by atoms with E-state index in [1.54, 1.807) is 11.8 Å². The summed E-state index contributed by atoms with van der Waals surface area (Å²) in [5.74, 6) is 0.625. The Morgan fingerprint density at radius 3 is 1.38 bits per heavy atom. The smallest absolute Gasteiger partial charge is 0.258 e. The molecule has 0 unspecified atom stereocenters. The van der Waals surface area contributed by atoms with E-state index in [0.29, 0.717) is 9.93 Å². The first-order valence-electron chi connectivity index (χ1n) is 11.7. The van der Waals surface area contributed by atoms with Crippen molar-refractivity contribution in [1.29, 1.82) is 0 Å². The van der Waals surface area contributed by atoms with E-state index in [4.69, 9.17) is 30.2 Å². The Hall–Kier alpha value is -2.71. The molecule has 202 valence electrons. The van der Waals surface area contributed by atoms with Crippen molar-refractivity contribution in [3.05, 3.63) is 137 Å². The van der Waals surface area contributed by atoms with Crippen molar-refractivity contribution in [3.8, 4) is 0 Å². The summed E-state index contributed by atoms with van der Waals surface area (Å²) in [5.41, 5.74) is 1.36. The Morgan fingerprint density at radius 1 is 0.718 bits per heavy atom. The second-order valence-corrected chi connectivity index (χ2v) is 13.9. The van der Waals surface area contributed by atoms with Gasteiger partial charge in [0, 0.05) is 5.56 Å². The fraction of sp³-hybridized carbons (Fsp3) is 0.0690. The van der Waals surface area contributed by atoms with Gasteiger partial charge in [-0.1, -0.05) is 91.3 Å². The summed E-state index contributed by atoms with van der Waals surface area (Å²) in [6, 6.07) is 40.5. The van der Waals surface area contributed by atoms with Crippen molar-refractivity contribution < 1.29 is 33.7 Å². The van der Waals surface area contributed by atoms with Gasteiger partial charge in [0.2, 0.25) is 5.44 Å². The number of rotatable bonds is 8. The standard InChI is InChI=1S/C29H25ClNOPS.ClHO4/c1-2-34-27(30)29(31-28(32)23-15-7-3-8-16-23)33(24-17-9-4-10-18-24,25-19-11-5-12-20-25)26-21-13-6-14-22-26;2-1(3,4)5/h3-22H,2H2,1H3;(H,2,3,4,5)/b29-27-;. The molecule has 4 aromatic carbocycles. The number of nitrogens with one attached hydrogen (secondary N) is 1. The van der Waals surface area contributed by atoms with Gasteiger partial charge in [-0.25, -0.2) is 18.6 Å². The van der Waals surface area contributed by atoms with E-state index in [1.165, 1.54) is 0 Å². The van der Waals surface area contributed by atoms with E-state index >= 15 is 0 Å². The number of carbonyl (C=O) groups is 1. The molecular weight excluding hydrogens is 576 g/mol. The van der Waals surface area contributed by atoms with Crippen LogP contribution in [0.3, 0.4) is 0 Å². The monoisotopic (exact) mass is 601 g/mol. The fourth-order valence-corrected chi connectivity index (χ4v) is 9.88. The Labute approximate surface area is 240 Å². The highest BCUT2D eigenvalue weighted by Crippen LogP contribution is 2.63. The van der Waals surface area contributed by atoms with Crippen LogP contribution < -0.4 is 39.9 Å². The molecule has 0 aliphatic heterocycles. The number of hydrogen-bond donors (Lipinski definition) is 1. The van der Waals surface area contributed by atoms with Crippen molar-refractivity contribution in [1.82, 2.24) is 5.32 Å². The van der Waals surface area contributed by atoms with Gasteiger partial charge in [0.1, 0.15) is 20.3 Å². The van der Waals surface area contributed by atoms with Crippen molar-refractivity contribution in [2.24, 2.45) is 0 Å². The third kappa shape index (κ3) is 8.39. The molecule has 4 aromatic rings. The second-order valence-electron chi connectivity index (χ2n) is 7.93. The zero-order valence-electron chi connectivity index (χ0n) is 20.9. The summed E-state index contributed by atoms with van der Waals surface area (Å²) in [7, 11) is -7.47. The van der Waals surface area contributed by atoms with E-state index in [9.17, 15) is 4.79 Å². The van der Waals surface area contributed by atoms with Crippen molar-refractivity contribution in [2.45, 2.75) is 6.92 Å². The third-order valence-corrected chi connectivity index (χ3v) is 11.3. The average molecular weight is 602 g/mol. The molecule has 10 heteroatoms. The highest BCUT2D eigenvalue weighted by atomic mass is 35.7. The first-order valence-corrected chi connectivity index (χ1v) is 16.1. The molecule has 0 heterocycles. The normalized spacial score (nSPS) is 12.1. The average Bonchev–Trinajstić information content (AvgIpc) is 2.94. The topological polar surface area (TPSA) is 121 Å². The van der Waals surface area contributed by atoms with Gasteiger partial charge in [0.25, 0.3) is 5.91 Å². The van der Waals surface area contributed by atoms with Crippen LogP contribution in [0.25, 0.3) is 0 Å². The van der Waals surface area contributed by atoms with Gasteiger partial charge in [0.05, 0.1) is 0 Å². The number of hydrogen-bond acceptors (Lipinski definition) is 6. The van der Waals surface area contributed by atoms with Crippen LogP contribution in [0.15, 0.2) is 131 Å². The summed E-state index contributed by atoms with van der Waals surface area (Å²) in [6.45, 7) is 2.07. The predicted molar refractivity (Wildman–Crippen MR) is 150 cm³/mol. The molecule has 0 aliphatic carbocycles. The lowest BCUT2D eigenvalue weighted by molar-refractivity contribution is -2.00. The SMILES string of the molecule is CCS/C(Cl)=C(/NC(=O)c1ccccc1)[P+](c1ccccc1)(c1ccccc1)c1ccccc1.[O-][Cl+3]([O-])([O-])[O-]. The molecule has 0 saturated heterocycles. The Kier molecular flexibility index (Phi) is 11.5. The first kappa shape index (κ1) is 30.8. The third-order valence-electron chi connectivity index (χ3n) is 5.49. The lowest BCUT2D eigenvalue weighted by Gasteiger charge is -2.30. The quantitative estimate of drug-likeness (QED) is 0.307. The highest BCUT2D eigenvalue weighted by molar-refractivity contribution is 8.06. The molecule has 1 N–H and O–H groups in total. The van der Waals surface area contributed by atoms with Crippen LogP contribution >= 0.6 is 30.6 Å². The van der Waals surface area contributed by atoms with E-state index in [-0.39, 0.29) is 5.91 Å². The van der Waals surface area contributed by atoms with E-state index in [0.717, 1.165) is 27.1 Å². The largest absolute Gasteiger partial charge is 0.290 e. The number of thioether (sulfide) groups is 1. The summed E-state index contributed by atoms with van der Waals surface area (Å²) < 4.78 is 34.6. The van der Waals surface area contributed by atoms with Crippen LogP contribution in [0.5, 0.6) is 0 Å². The molecule has 0 bridgehead atoms. The summed E-state index contributed by atoms with van der Waals surface area (Å²) in [4.78, 5) is 13.5. The zero-order valence-corrected chi connectivity index (χ0v) is 24.1. The van der Waals surface area contributed by atoms with Crippen molar-refractivity contribution in [3.63, 3.8) is 0 Å². The van der Waals surface area contributed by atoms with Crippen LogP contribution in [-0.4, -0.2) is 11.7 Å². The number of halogens is 2. The molecular formula is C29H26Cl2NO5PS. The van der Waals surface area contributed by atoms with Gasteiger partial charge in [0.15, 0.2) is 7.26 Å². The lowest BCUT2D eigenvalue weighted by atomic mass is 10.2. The van der Waals surface area contributed by atoms with Gasteiger partial charge in [-0.2, -0.15) is 0 Å². The van der Waals surface area contributed by atoms with Gasteiger partial charge < -0.3 is 0 Å². The van der Waals surface area contributed by atoms with Crippen molar-refractivity contribution in [2.75, 3.05) is 5.75 Å². The molecule has 0 aromatic heterocycles. The predicted octanol–water partition coefficient (Wildman–Crippen LogP) is 1.77. The minimum absolute atomic E-state index is 0.169. The van der Waals surface area contributed by atoms with E-state index in [2.05, 4.69) is 48.6 Å². The fourth-order valence-electron chi connectivity index (χ4n) is 4.02. The summed E-state index contributed by atoms with van der Waals surface area (Å²) >= 11 is 8.61. The maximum absolute atomic E-state index is 13.5. The number of amides is 1. The molecule has 0 radical (unpaired) electrons. The first-order chi connectivity index (χ1) is 18.7. The Balaban J connectivity index is 0.000000771. The molecule has 0 spiro atoms. The van der Waals surface area contributed by atoms with Crippen LogP contribution in [0, 0.1) is 10.2 Å². The maximum atomic E-state index is 13.5. The molecule has 0 saturated carbocycles. The molecule has 39 heavy (non-hydrogen) atoms. The Bertz CT molecular complexity index is 1250. The van der Waals surface area contributed by atoms with Crippen LogP contribution in [0.4, 0.5) is 0 Å². The summed E-state index contributed by atoms with van der Waals surface area (Å²) in [6.07, 6.45) is 0. The molecule has 0 aliphatic rings. The highest BCUT2D eigenvalue weighted by Gasteiger charge is 2.52. The van der Waals surface area contributed by atoms with Crippen LogP contribution in [0.2, 0.25) is 0 Å². The van der Waals surface area contributed by atoms with Crippen LogP contribution in [-0.2, 0) is 0 Å². The minimum Gasteiger partial charge on any atom is -0.290 e. The zero-order chi connectivity index (χ0) is 28.3. The van der Waals surface area contributed by atoms with E-state index < -0.39 is 17.5 Å². The maximum Gasteiger partial charge on any atom is 0.258 e. The molecule has 0 atom stereocenters. The second kappa shape index (κ2) is 14.6. The lowest BCUT2D eigenvalue weighted by Crippen LogP contribution is -2.68. The molecule has 0 fully saturated rings. The van der Waals surface area contributed by atoms with E-state index in [1.807, 2.05) is 84.9 Å². The van der Waals surface area contributed by atoms with Crippen LogP contribution in [0.1, 0.15) is 17.3 Å². The number of benzene rings is 4. The van der Waals surface area contributed by atoms with Gasteiger partial charge in [-0.05, 0) is 54.3 Å². The summed E-state index contributed by atoms with van der Waals surface area (Å²) in [5, 5.41) is 6.68. The minimum atomic E-state index is -4.94. The molecule has 4 rings (SSSR count). The van der Waals surface area contributed by atoms with Gasteiger partial charge in [-0.15, -0.1) is 22.0 Å². The Morgan fingerprint density at radius 2 is 1.05 bits per heavy atom. The van der Waals surface area contributed by atoms with Gasteiger partial charge in [-0.3, -0.25) is 10.1 Å². The van der Waals surface area contributed by atoms with Gasteiger partial charge >= 0.3 is 0 Å². The molecule has 1 amide bonds.